The first kappa shape index (κ1) is 13.4. The van der Waals surface area contributed by atoms with E-state index in [4.69, 9.17) is 15.9 Å². The van der Waals surface area contributed by atoms with Gasteiger partial charge in [-0.25, -0.2) is 0 Å². The van der Waals surface area contributed by atoms with Gasteiger partial charge in [0, 0.05) is 4.47 Å². The predicted molar refractivity (Wildman–Crippen MR) is 77.2 cm³/mol. The standard InChI is InChI=1S/C14H19BrN2O/c1-9-2-5-11(6-3-9)18-13-7-4-10(15)8-12(13)14(16)17/h4,7-9,11H,2-3,5-6H2,1H3,(H3,16,17). The van der Waals surface area contributed by atoms with Crippen LogP contribution < -0.4 is 10.5 Å². The molecule has 1 aromatic rings. The zero-order valence-electron chi connectivity index (χ0n) is 10.6. The van der Waals surface area contributed by atoms with Crippen LogP contribution in [-0.4, -0.2) is 11.9 Å². The highest BCUT2D eigenvalue weighted by Crippen LogP contribution is 2.29. The average Bonchev–Trinajstić information content (AvgIpc) is 2.34. The Hall–Kier alpha value is -1.03. The number of nitrogens with two attached hydrogens (primary N) is 1. The van der Waals surface area contributed by atoms with E-state index in [0.717, 1.165) is 29.0 Å². The van der Waals surface area contributed by atoms with Crippen molar-refractivity contribution in [3.63, 3.8) is 0 Å². The summed E-state index contributed by atoms with van der Waals surface area (Å²) in [6.07, 6.45) is 4.89. The minimum atomic E-state index is 0.0514. The average molecular weight is 311 g/mol. The van der Waals surface area contributed by atoms with Gasteiger partial charge < -0.3 is 10.5 Å². The van der Waals surface area contributed by atoms with Crippen LogP contribution >= 0.6 is 15.9 Å². The minimum Gasteiger partial charge on any atom is -0.490 e. The predicted octanol–water partition coefficient (Wildman–Crippen LogP) is 3.69. The highest BCUT2D eigenvalue weighted by atomic mass is 79.9. The number of hydrogen-bond donors (Lipinski definition) is 2. The minimum absolute atomic E-state index is 0.0514. The van der Waals surface area contributed by atoms with Gasteiger partial charge in [0.2, 0.25) is 0 Å². The fourth-order valence-corrected chi connectivity index (χ4v) is 2.70. The monoisotopic (exact) mass is 310 g/mol. The molecule has 0 aromatic heterocycles. The van der Waals surface area contributed by atoms with Crippen LogP contribution in [0.5, 0.6) is 5.75 Å². The number of halogens is 1. The molecule has 0 spiro atoms. The molecule has 0 unspecified atom stereocenters. The van der Waals surface area contributed by atoms with E-state index in [1.54, 1.807) is 0 Å². The molecule has 3 nitrogen and oxygen atoms in total. The second-order valence-corrected chi connectivity index (χ2v) is 5.97. The van der Waals surface area contributed by atoms with Gasteiger partial charge in [-0.3, -0.25) is 5.41 Å². The van der Waals surface area contributed by atoms with E-state index in [2.05, 4.69) is 22.9 Å². The molecule has 0 bridgehead atoms. The molecule has 0 radical (unpaired) electrons. The highest BCUT2D eigenvalue weighted by molar-refractivity contribution is 9.10. The van der Waals surface area contributed by atoms with Crippen LogP contribution in [0.15, 0.2) is 22.7 Å². The second kappa shape index (κ2) is 5.74. The quantitative estimate of drug-likeness (QED) is 0.660. The van der Waals surface area contributed by atoms with Gasteiger partial charge in [0.25, 0.3) is 0 Å². The molecule has 3 N–H and O–H groups in total. The van der Waals surface area contributed by atoms with Crippen LogP contribution in [0.3, 0.4) is 0 Å². The van der Waals surface area contributed by atoms with Crippen LogP contribution in [-0.2, 0) is 0 Å². The number of benzene rings is 1. The van der Waals surface area contributed by atoms with E-state index in [1.165, 1.54) is 12.8 Å². The van der Waals surface area contributed by atoms with Gasteiger partial charge in [-0.2, -0.15) is 0 Å². The maximum atomic E-state index is 7.60. The van der Waals surface area contributed by atoms with Crippen LogP contribution in [0.1, 0.15) is 38.2 Å². The lowest BCUT2D eigenvalue weighted by Crippen LogP contribution is -2.24. The Labute approximate surface area is 116 Å². The molecule has 1 saturated carbocycles. The van der Waals surface area contributed by atoms with Crippen molar-refractivity contribution < 1.29 is 4.74 Å². The molecule has 2 rings (SSSR count). The maximum Gasteiger partial charge on any atom is 0.130 e. The third-order valence-corrected chi connectivity index (χ3v) is 3.98. The summed E-state index contributed by atoms with van der Waals surface area (Å²) >= 11 is 3.39. The second-order valence-electron chi connectivity index (χ2n) is 5.05. The van der Waals surface area contributed by atoms with E-state index in [9.17, 15) is 0 Å². The first-order chi connectivity index (χ1) is 8.56. The van der Waals surface area contributed by atoms with Crippen molar-refractivity contribution in [3.05, 3.63) is 28.2 Å². The highest BCUT2D eigenvalue weighted by Gasteiger charge is 2.20. The van der Waals surface area contributed by atoms with Crippen molar-refractivity contribution in [1.29, 1.82) is 5.41 Å². The Balaban J connectivity index is 2.11. The summed E-state index contributed by atoms with van der Waals surface area (Å²) in [6.45, 7) is 2.29. The fraction of sp³-hybridized carbons (Fsp3) is 0.500. The third-order valence-electron chi connectivity index (χ3n) is 3.49. The molecule has 1 fully saturated rings. The third kappa shape index (κ3) is 3.25. The van der Waals surface area contributed by atoms with Crippen molar-refractivity contribution in [2.75, 3.05) is 0 Å². The van der Waals surface area contributed by atoms with E-state index in [1.807, 2.05) is 18.2 Å². The van der Waals surface area contributed by atoms with Crippen molar-refractivity contribution in [1.82, 2.24) is 0 Å². The Morgan fingerprint density at radius 3 is 2.61 bits per heavy atom. The summed E-state index contributed by atoms with van der Waals surface area (Å²) in [5.74, 6) is 1.59. The molecule has 0 aliphatic heterocycles. The van der Waals surface area contributed by atoms with E-state index in [0.29, 0.717) is 5.56 Å². The summed E-state index contributed by atoms with van der Waals surface area (Å²) in [7, 11) is 0. The Morgan fingerprint density at radius 1 is 1.33 bits per heavy atom. The molecule has 0 heterocycles. The van der Waals surface area contributed by atoms with Gasteiger partial charge in [-0.05, 0) is 49.8 Å². The molecule has 0 atom stereocenters. The summed E-state index contributed by atoms with van der Waals surface area (Å²) in [4.78, 5) is 0. The molecule has 1 aromatic carbocycles. The first-order valence-corrected chi connectivity index (χ1v) is 7.16. The van der Waals surface area contributed by atoms with Gasteiger partial charge in [0.05, 0.1) is 11.7 Å². The lowest BCUT2D eigenvalue weighted by molar-refractivity contribution is 0.135. The number of amidine groups is 1. The number of nitrogens with one attached hydrogen (secondary N) is 1. The number of nitrogen functional groups attached to an aromatic ring is 1. The van der Waals surface area contributed by atoms with Gasteiger partial charge in [0.15, 0.2) is 0 Å². The Bertz CT molecular complexity index is 439. The number of ether oxygens (including phenoxy) is 1. The Morgan fingerprint density at radius 2 is 2.00 bits per heavy atom. The zero-order valence-corrected chi connectivity index (χ0v) is 12.2. The van der Waals surface area contributed by atoms with E-state index < -0.39 is 0 Å². The SMILES string of the molecule is CC1CCC(Oc2ccc(Br)cc2C(=N)N)CC1. The lowest BCUT2D eigenvalue weighted by atomic mass is 9.89. The Kier molecular flexibility index (Phi) is 4.27. The lowest BCUT2D eigenvalue weighted by Gasteiger charge is -2.27. The van der Waals surface area contributed by atoms with Crippen LogP contribution in [0.4, 0.5) is 0 Å². The first-order valence-electron chi connectivity index (χ1n) is 6.37. The van der Waals surface area contributed by atoms with Gasteiger partial charge in [0.1, 0.15) is 11.6 Å². The number of rotatable bonds is 3. The normalized spacial score (nSPS) is 23.7. The molecular formula is C14H19BrN2O. The molecule has 1 aliphatic rings. The summed E-state index contributed by atoms with van der Waals surface area (Å²) < 4.78 is 6.92. The van der Waals surface area contributed by atoms with Gasteiger partial charge in [-0.15, -0.1) is 0 Å². The molecule has 4 heteroatoms. The van der Waals surface area contributed by atoms with Crippen molar-refractivity contribution >= 4 is 21.8 Å². The molecule has 18 heavy (non-hydrogen) atoms. The molecule has 0 saturated heterocycles. The molecule has 1 aliphatic carbocycles. The van der Waals surface area contributed by atoms with E-state index >= 15 is 0 Å². The maximum absolute atomic E-state index is 7.60. The molecule has 0 amide bonds. The molecular weight excluding hydrogens is 292 g/mol. The summed E-state index contributed by atoms with van der Waals surface area (Å²) in [5.41, 5.74) is 6.26. The van der Waals surface area contributed by atoms with Crippen LogP contribution in [0.25, 0.3) is 0 Å². The largest absolute Gasteiger partial charge is 0.490 e. The summed E-state index contributed by atoms with van der Waals surface area (Å²) in [5, 5.41) is 7.60. The topological polar surface area (TPSA) is 59.1 Å². The zero-order chi connectivity index (χ0) is 13.1. The van der Waals surface area contributed by atoms with E-state index in [-0.39, 0.29) is 11.9 Å². The van der Waals surface area contributed by atoms with Crippen molar-refractivity contribution in [2.45, 2.75) is 38.7 Å². The molecule has 98 valence electrons. The van der Waals surface area contributed by atoms with Crippen LogP contribution in [0.2, 0.25) is 0 Å². The van der Waals surface area contributed by atoms with Gasteiger partial charge >= 0.3 is 0 Å². The number of hydrogen-bond acceptors (Lipinski definition) is 2. The van der Waals surface area contributed by atoms with Crippen molar-refractivity contribution in [3.8, 4) is 5.75 Å². The van der Waals surface area contributed by atoms with Crippen molar-refractivity contribution in [2.24, 2.45) is 11.7 Å². The van der Waals surface area contributed by atoms with Crippen LogP contribution in [0, 0.1) is 11.3 Å². The van der Waals surface area contributed by atoms with Gasteiger partial charge in [-0.1, -0.05) is 22.9 Å². The summed E-state index contributed by atoms with van der Waals surface area (Å²) in [6, 6.07) is 5.65. The smallest absolute Gasteiger partial charge is 0.130 e. The fourth-order valence-electron chi connectivity index (χ4n) is 2.34.